The Kier molecular flexibility index (Phi) is 7.04. The fourth-order valence-corrected chi connectivity index (χ4v) is 0.387. The van der Waals surface area contributed by atoms with E-state index < -0.39 is 0 Å². The van der Waals surface area contributed by atoms with Crippen molar-refractivity contribution in [3.63, 3.8) is 0 Å². The largest absolute Gasteiger partial charge is 0.393 e. The molecule has 0 atom stereocenters. The summed E-state index contributed by atoms with van der Waals surface area (Å²) in [7, 11) is 0. The molecule has 0 unspecified atom stereocenters. The van der Waals surface area contributed by atoms with Crippen LogP contribution in [0.1, 0.15) is 19.3 Å². The minimum Gasteiger partial charge on any atom is -0.393 e. The van der Waals surface area contributed by atoms with Crippen LogP contribution >= 0.6 is 24.8 Å². The Morgan fingerprint density at radius 1 is 1.14 bits per heavy atom. The lowest BCUT2D eigenvalue weighted by Gasteiger charge is -2.17. The van der Waals surface area contributed by atoms with Crippen molar-refractivity contribution in [3.8, 4) is 0 Å². The van der Waals surface area contributed by atoms with Crippen LogP contribution in [-0.2, 0) is 0 Å². The highest BCUT2D eigenvalue weighted by Crippen LogP contribution is 2.16. The summed E-state index contributed by atoms with van der Waals surface area (Å²) in [6.07, 6.45) is 3.39. The standard InChI is InChI=1S/C4H8O.2ClH/c5-4-2-1-3-4;;/h4-5H,1-3H2;2*1H. The van der Waals surface area contributed by atoms with Gasteiger partial charge in [-0.15, -0.1) is 24.8 Å². The molecule has 0 bridgehead atoms. The Morgan fingerprint density at radius 3 is 1.43 bits per heavy atom. The molecule has 0 aromatic carbocycles. The predicted molar refractivity (Wildman–Crippen MR) is 34.4 cm³/mol. The van der Waals surface area contributed by atoms with Crippen LogP contribution in [0.15, 0.2) is 0 Å². The number of rotatable bonds is 0. The Balaban J connectivity index is 0. The van der Waals surface area contributed by atoms with E-state index in [0.29, 0.717) is 0 Å². The van der Waals surface area contributed by atoms with Gasteiger partial charge in [0.15, 0.2) is 0 Å². The van der Waals surface area contributed by atoms with Gasteiger partial charge in [0.25, 0.3) is 0 Å². The van der Waals surface area contributed by atoms with Crippen molar-refractivity contribution in [2.24, 2.45) is 0 Å². The van der Waals surface area contributed by atoms with Crippen LogP contribution in [-0.4, -0.2) is 11.2 Å². The number of hydrogen-bond acceptors (Lipinski definition) is 1. The van der Waals surface area contributed by atoms with E-state index in [9.17, 15) is 0 Å². The SMILES string of the molecule is Cl.Cl.OC1CCC1. The molecule has 0 aromatic rings. The van der Waals surface area contributed by atoms with Gasteiger partial charge in [-0.25, -0.2) is 0 Å². The average molecular weight is 145 g/mol. The van der Waals surface area contributed by atoms with E-state index in [1.54, 1.807) is 0 Å². The van der Waals surface area contributed by atoms with Crippen molar-refractivity contribution in [2.75, 3.05) is 0 Å². The molecule has 0 radical (unpaired) electrons. The molecule has 0 saturated heterocycles. The summed E-state index contributed by atoms with van der Waals surface area (Å²) in [5.74, 6) is 0. The summed E-state index contributed by atoms with van der Waals surface area (Å²) >= 11 is 0. The van der Waals surface area contributed by atoms with E-state index in [4.69, 9.17) is 5.11 Å². The third kappa shape index (κ3) is 3.15. The molecule has 0 aromatic heterocycles. The molecule has 0 aliphatic heterocycles. The number of halogens is 2. The van der Waals surface area contributed by atoms with Gasteiger partial charge >= 0.3 is 0 Å². The summed E-state index contributed by atoms with van der Waals surface area (Å²) in [6.45, 7) is 0. The van der Waals surface area contributed by atoms with Gasteiger partial charge in [-0.1, -0.05) is 0 Å². The van der Waals surface area contributed by atoms with Gasteiger partial charge < -0.3 is 5.11 Å². The maximum absolute atomic E-state index is 8.45. The van der Waals surface area contributed by atoms with Gasteiger partial charge in [0, 0.05) is 0 Å². The molecule has 1 fully saturated rings. The summed E-state index contributed by atoms with van der Waals surface area (Å²) in [4.78, 5) is 0. The highest BCUT2D eigenvalue weighted by molar-refractivity contribution is 5.85. The second kappa shape index (κ2) is 4.69. The van der Waals surface area contributed by atoms with Gasteiger partial charge in [0.05, 0.1) is 6.10 Å². The third-order valence-corrected chi connectivity index (χ3v) is 1.07. The quantitative estimate of drug-likeness (QED) is 0.545. The molecule has 1 rings (SSSR count). The fourth-order valence-electron chi connectivity index (χ4n) is 0.387. The molecular weight excluding hydrogens is 135 g/mol. The molecule has 46 valence electrons. The van der Waals surface area contributed by atoms with Gasteiger partial charge in [-0.2, -0.15) is 0 Å². The summed E-state index contributed by atoms with van der Waals surface area (Å²) < 4.78 is 0. The summed E-state index contributed by atoms with van der Waals surface area (Å²) in [5, 5.41) is 8.45. The normalized spacial score (nSPS) is 18.4. The number of aliphatic hydroxyl groups is 1. The van der Waals surface area contributed by atoms with Crippen molar-refractivity contribution in [1.29, 1.82) is 0 Å². The number of aliphatic hydroxyl groups excluding tert-OH is 1. The highest BCUT2D eigenvalue weighted by atomic mass is 35.5. The maximum atomic E-state index is 8.45. The van der Waals surface area contributed by atoms with Gasteiger partial charge in [-0.3, -0.25) is 0 Å². The second-order valence-electron chi connectivity index (χ2n) is 1.58. The Morgan fingerprint density at radius 2 is 1.43 bits per heavy atom. The first-order chi connectivity index (χ1) is 2.39. The minimum atomic E-state index is 0. The first kappa shape index (κ1) is 10.5. The first-order valence-corrected chi connectivity index (χ1v) is 2.07. The third-order valence-electron chi connectivity index (χ3n) is 1.07. The molecule has 1 saturated carbocycles. The molecule has 1 aliphatic rings. The predicted octanol–water partition coefficient (Wildman–Crippen LogP) is 1.37. The van der Waals surface area contributed by atoms with Crippen LogP contribution in [0.25, 0.3) is 0 Å². The first-order valence-electron chi connectivity index (χ1n) is 2.07. The average Bonchev–Trinajstić information content (AvgIpc) is 1.30. The monoisotopic (exact) mass is 144 g/mol. The van der Waals surface area contributed by atoms with Gasteiger partial charge in [-0.05, 0) is 19.3 Å². The van der Waals surface area contributed by atoms with Crippen molar-refractivity contribution in [2.45, 2.75) is 25.4 Å². The smallest absolute Gasteiger partial charge is 0.0540 e. The lowest BCUT2D eigenvalue weighted by atomic mass is 9.97. The number of hydrogen-bond donors (Lipinski definition) is 1. The zero-order valence-electron chi connectivity index (χ0n) is 3.96. The lowest BCUT2D eigenvalue weighted by Crippen LogP contribution is -2.15. The molecule has 1 nitrogen and oxygen atoms in total. The van der Waals surface area contributed by atoms with Crippen LogP contribution in [0.5, 0.6) is 0 Å². The second-order valence-corrected chi connectivity index (χ2v) is 1.58. The van der Waals surface area contributed by atoms with E-state index in [1.807, 2.05) is 0 Å². The minimum absolute atomic E-state index is 0. The van der Waals surface area contributed by atoms with Crippen LogP contribution in [0.3, 0.4) is 0 Å². The Labute approximate surface area is 55.9 Å². The summed E-state index contributed by atoms with van der Waals surface area (Å²) in [5.41, 5.74) is 0. The molecule has 0 spiro atoms. The molecule has 3 heteroatoms. The van der Waals surface area contributed by atoms with Crippen molar-refractivity contribution in [3.05, 3.63) is 0 Å². The van der Waals surface area contributed by atoms with E-state index in [0.717, 1.165) is 12.8 Å². The van der Waals surface area contributed by atoms with Crippen LogP contribution in [0.2, 0.25) is 0 Å². The molecular formula is C4H10Cl2O. The van der Waals surface area contributed by atoms with Gasteiger partial charge in [0.2, 0.25) is 0 Å². The molecule has 1 aliphatic carbocycles. The van der Waals surface area contributed by atoms with Crippen LogP contribution in [0.4, 0.5) is 0 Å². The zero-order chi connectivity index (χ0) is 3.70. The van der Waals surface area contributed by atoms with E-state index in [-0.39, 0.29) is 30.9 Å². The van der Waals surface area contributed by atoms with Crippen molar-refractivity contribution in [1.82, 2.24) is 0 Å². The Hall–Kier alpha value is 0.540. The van der Waals surface area contributed by atoms with Gasteiger partial charge in [0.1, 0.15) is 0 Å². The van der Waals surface area contributed by atoms with Crippen LogP contribution in [0, 0.1) is 0 Å². The highest BCUT2D eigenvalue weighted by Gasteiger charge is 2.11. The van der Waals surface area contributed by atoms with Crippen LogP contribution < -0.4 is 0 Å². The van der Waals surface area contributed by atoms with E-state index in [1.165, 1.54) is 6.42 Å². The lowest BCUT2D eigenvalue weighted by molar-refractivity contribution is 0.0950. The zero-order valence-corrected chi connectivity index (χ0v) is 5.60. The Bertz CT molecular complexity index is 36.7. The summed E-state index contributed by atoms with van der Waals surface area (Å²) in [6, 6.07) is 0. The molecule has 0 heterocycles. The van der Waals surface area contributed by atoms with E-state index >= 15 is 0 Å². The molecule has 7 heavy (non-hydrogen) atoms. The maximum Gasteiger partial charge on any atom is 0.0540 e. The van der Waals surface area contributed by atoms with Crippen molar-refractivity contribution >= 4 is 24.8 Å². The molecule has 0 amide bonds. The van der Waals surface area contributed by atoms with E-state index in [2.05, 4.69) is 0 Å². The molecule has 1 N–H and O–H groups in total. The van der Waals surface area contributed by atoms with Crippen molar-refractivity contribution < 1.29 is 5.11 Å². The topological polar surface area (TPSA) is 20.2 Å². The fraction of sp³-hybridized carbons (Fsp3) is 1.00.